The maximum absolute atomic E-state index is 12.8. The molecule has 0 amide bonds. The van der Waals surface area contributed by atoms with E-state index in [1.54, 1.807) is 11.7 Å². The van der Waals surface area contributed by atoms with Gasteiger partial charge in [0.15, 0.2) is 0 Å². The van der Waals surface area contributed by atoms with Gasteiger partial charge in [-0.1, -0.05) is 18.2 Å². The van der Waals surface area contributed by atoms with E-state index in [9.17, 15) is 9.59 Å². The van der Waals surface area contributed by atoms with Crippen LogP contribution in [0.25, 0.3) is 0 Å². The van der Waals surface area contributed by atoms with Crippen molar-refractivity contribution in [3.8, 4) is 5.75 Å². The van der Waals surface area contributed by atoms with Crippen LogP contribution in [0.1, 0.15) is 23.5 Å². The van der Waals surface area contributed by atoms with Gasteiger partial charge in [-0.3, -0.25) is 24.0 Å². The van der Waals surface area contributed by atoms with Crippen LogP contribution in [0, 0.1) is 5.41 Å². The molecule has 8 nitrogen and oxygen atoms in total. The summed E-state index contributed by atoms with van der Waals surface area (Å²) in [5.41, 5.74) is 0.859. The lowest BCUT2D eigenvalue weighted by molar-refractivity contribution is 0.245. The number of benzene rings is 1. The van der Waals surface area contributed by atoms with Crippen LogP contribution in [0.4, 0.5) is 0 Å². The fraction of sp³-hybridized carbons (Fsp3) is 0.391. The summed E-state index contributed by atoms with van der Waals surface area (Å²) < 4.78 is 8.07. The van der Waals surface area contributed by atoms with Gasteiger partial charge >= 0.3 is 11.1 Å². The van der Waals surface area contributed by atoms with Gasteiger partial charge in [0.2, 0.25) is 0 Å². The summed E-state index contributed by atoms with van der Waals surface area (Å²) in [6.45, 7) is 3.45. The highest BCUT2D eigenvalue weighted by molar-refractivity contribution is 5.27. The Morgan fingerprint density at radius 3 is 2.61 bits per heavy atom. The monoisotopic (exact) mass is 419 g/mol. The van der Waals surface area contributed by atoms with E-state index in [0.717, 1.165) is 43.1 Å². The van der Waals surface area contributed by atoms with Crippen LogP contribution >= 0.6 is 0 Å². The summed E-state index contributed by atoms with van der Waals surface area (Å²) >= 11 is 0. The lowest BCUT2D eigenvalue weighted by Crippen LogP contribution is -2.43. The minimum atomic E-state index is -0.569. The highest BCUT2D eigenvalue weighted by atomic mass is 16.5. The first-order chi connectivity index (χ1) is 15.0. The Hall–Kier alpha value is -3.26. The molecule has 31 heavy (non-hydrogen) atoms. The molecule has 0 bridgehead atoms. The normalized spacial score (nSPS) is 20.3. The van der Waals surface area contributed by atoms with E-state index in [4.69, 9.17) is 4.74 Å². The minimum absolute atomic E-state index is 0.0420. The predicted molar refractivity (Wildman–Crippen MR) is 115 cm³/mol. The molecular weight excluding hydrogens is 394 g/mol. The lowest BCUT2D eigenvalue weighted by atomic mass is 9.86. The summed E-state index contributed by atoms with van der Waals surface area (Å²) in [4.78, 5) is 32.3. The first kappa shape index (κ1) is 19.7. The zero-order valence-electron chi connectivity index (χ0n) is 17.5. The number of hydrogen-bond donors (Lipinski definition) is 0. The van der Waals surface area contributed by atoms with Crippen molar-refractivity contribution in [3.05, 3.63) is 86.5 Å². The van der Waals surface area contributed by atoms with Gasteiger partial charge < -0.3 is 4.74 Å². The molecule has 1 unspecified atom stereocenters. The molecule has 2 aliphatic heterocycles. The van der Waals surface area contributed by atoms with E-state index in [2.05, 4.69) is 15.0 Å². The van der Waals surface area contributed by atoms with Gasteiger partial charge in [0, 0.05) is 37.7 Å². The highest BCUT2D eigenvalue weighted by Crippen LogP contribution is 2.39. The van der Waals surface area contributed by atoms with E-state index in [-0.39, 0.29) is 12.0 Å². The maximum Gasteiger partial charge on any atom is 0.332 e. The van der Waals surface area contributed by atoms with Crippen molar-refractivity contribution in [2.45, 2.75) is 32.5 Å². The molecule has 3 aromatic rings. The molecule has 0 aliphatic carbocycles. The van der Waals surface area contributed by atoms with E-state index in [1.165, 1.54) is 4.68 Å². The van der Waals surface area contributed by atoms with Gasteiger partial charge in [-0.05, 0) is 42.8 Å². The fourth-order valence-corrected chi connectivity index (χ4v) is 4.77. The maximum atomic E-state index is 12.8. The van der Waals surface area contributed by atoms with Gasteiger partial charge in [-0.25, -0.2) is 4.68 Å². The molecule has 160 valence electrons. The minimum Gasteiger partial charge on any atom is -0.497 e. The zero-order chi connectivity index (χ0) is 21.4. The molecule has 1 spiro atoms. The Balaban J connectivity index is 1.35. The van der Waals surface area contributed by atoms with Crippen molar-refractivity contribution in [2.75, 3.05) is 20.2 Å². The quantitative estimate of drug-likeness (QED) is 0.580. The third-order valence-electron chi connectivity index (χ3n) is 6.36. The number of methoxy groups -OCH3 is 1. The van der Waals surface area contributed by atoms with Crippen LogP contribution in [-0.4, -0.2) is 44.4 Å². The summed E-state index contributed by atoms with van der Waals surface area (Å²) in [6, 6.07) is 13.4. The Kier molecular flexibility index (Phi) is 4.94. The van der Waals surface area contributed by atoms with Gasteiger partial charge in [-0.2, -0.15) is 5.10 Å². The van der Waals surface area contributed by atoms with Gasteiger partial charge in [-0.15, -0.1) is 0 Å². The largest absolute Gasteiger partial charge is 0.497 e. The topological polar surface area (TPSA) is 82.2 Å². The SMILES string of the molecule is COc1ccc(Cn2nc3n(c(=O)c2=O)CC2(CCN(Cc4ccccn4)C2)C3)cc1. The third kappa shape index (κ3) is 3.79. The number of ether oxygens (including phenoxy) is 1. The molecule has 2 aromatic heterocycles. The standard InChI is InChI=1S/C23H25N5O3/c1-31-19-7-5-17(6-8-19)13-28-22(30)21(29)27-16-23(12-20(27)25-28)9-11-26(15-23)14-18-4-2-3-10-24-18/h2-8,10H,9,11-16H2,1H3. The first-order valence-corrected chi connectivity index (χ1v) is 10.5. The number of rotatable bonds is 5. The number of hydrogen-bond acceptors (Lipinski definition) is 6. The van der Waals surface area contributed by atoms with E-state index < -0.39 is 11.1 Å². The molecule has 4 heterocycles. The van der Waals surface area contributed by atoms with Crippen molar-refractivity contribution < 1.29 is 4.74 Å². The summed E-state index contributed by atoms with van der Waals surface area (Å²) in [5, 5.41) is 4.58. The van der Waals surface area contributed by atoms with Crippen molar-refractivity contribution in [3.63, 3.8) is 0 Å². The van der Waals surface area contributed by atoms with Crippen LogP contribution in [0.3, 0.4) is 0 Å². The number of pyridine rings is 1. The van der Waals surface area contributed by atoms with Crippen LogP contribution in [0.15, 0.2) is 58.3 Å². The molecule has 5 rings (SSSR count). The lowest BCUT2D eigenvalue weighted by Gasteiger charge is -2.22. The Labute approximate surface area is 179 Å². The second-order valence-corrected chi connectivity index (χ2v) is 8.58. The van der Waals surface area contributed by atoms with Crippen LogP contribution in [0.2, 0.25) is 0 Å². The van der Waals surface area contributed by atoms with Crippen molar-refractivity contribution >= 4 is 0 Å². The Bertz CT molecular complexity index is 1200. The van der Waals surface area contributed by atoms with Gasteiger partial charge in [0.05, 0.1) is 19.3 Å². The van der Waals surface area contributed by atoms with Crippen molar-refractivity contribution in [1.29, 1.82) is 0 Å². The number of fused-ring (bicyclic) bond motifs is 1. The summed E-state index contributed by atoms with van der Waals surface area (Å²) in [7, 11) is 1.61. The van der Waals surface area contributed by atoms with Crippen LogP contribution < -0.4 is 15.9 Å². The summed E-state index contributed by atoms with van der Waals surface area (Å²) in [5.74, 6) is 1.45. The fourth-order valence-electron chi connectivity index (χ4n) is 4.77. The highest BCUT2D eigenvalue weighted by Gasteiger charge is 2.44. The average molecular weight is 419 g/mol. The number of likely N-dealkylation sites (tertiary alicyclic amines) is 1. The Morgan fingerprint density at radius 1 is 1.03 bits per heavy atom. The predicted octanol–water partition coefficient (Wildman–Crippen LogP) is 1.31. The first-order valence-electron chi connectivity index (χ1n) is 10.5. The molecule has 0 saturated carbocycles. The van der Waals surface area contributed by atoms with E-state index in [0.29, 0.717) is 18.8 Å². The average Bonchev–Trinajstić information content (AvgIpc) is 3.35. The van der Waals surface area contributed by atoms with E-state index >= 15 is 0 Å². The molecule has 1 saturated heterocycles. The second-order valence-electron chi connectivity index (χ2n) is 8.58. The molecule has 0 radical (unpaired) electrons. The van der Waals surface area contributed by atoms with Gasteiger partial charge in [0.25, 0.3) is 0 Å². The molecule has 1 fully saturated rings. The summed E-state index contributed by atoms with van der Waals surface area (Å²) in [6.07, 6.45) is 3.51. The number of nitrogens with zero attached hydrogens (tertiary/aromatic N) is 5. The number of aromatic nitrogens is 4. The Morgan fingerprint density at radius 2 is 1.87 bits per heavy atom. The van der Waals surface area contributed by atoms with Crippen molar-refractivity contribution in [2.24, 2.45) is 5.41 Å². The molecule has 2 aliphatic rings. The third-order valence-corrected chi connectivity index (χ3v) is 6.36. The van der Waals surface area contributed by atoms with Crippen LogP contribution in [-0.2, 0) is 26.1 Å². The molecule has 1 aromatic carbocycles. The van der Waals surface area contributed by atoms with Crippen molar-refractivity contribution in [1.82, 2.24) is 24.2 Å². The van der Waals surface area contributed by atoms with Gasteiger partial charge in [0.1, 0.15) is 11.6 Å². The van der Waals surface area contributed by atoms with Crippen LogP contribution in [0.5, 0.6) is 5.75 Å². The molecular formula is C23H25N5O3. The molecule has 0 N–H and O–H groups in total. The molecule has 8 heteroatoms. The second kappa shape index (κ2) is 7.77. The zero-order valence-corrected chi connectivity index (χ0v) is 17.5. The smallest absolute Gasteiger partial charge is 0.332 e. The van der Waals surface area contributed by atoms with E-state index in [1.807, 2.05) is 48.7 Å². The molecule has 1 atom stereocenters.